The van der Waals surface area contributed by atoms with Crippen molar-refractivity contribution in [1.82, 2.24) is 8.68 Å². The molecule has 0 spiro atoms. The summed E-state index contributed by atoms with van der Waals surface area (Å²) in [6, 6.07) is 0. The van der Waals surface area contributed by atoms with Crippen molar-refractivity contribution in [3.05, 3.63) is 0 Å². The Bertz CT molecular complexity index is 421. The Kier molecular flexibility index (Phi) is 8.11. The molecule has 0 bridgehead atoms. The number of carbonyl (C=O) groups excluding carboxylic acids is 1. The van der Waals surface area contributed by atoms with E-state index in [-0.39, 0.29) is 5.78 Å². The van der Waals surface area contributed by atoms with E-state index in [1.807, 2.05) is 0 Å². The highest BCUT2D eigenvalue weighted by Crippen LogP contribution is 2.15. The Labute approximate surface area is 148 Å². The highest BCUT2D eigenvalue weighted by atomic mass is 28.4. The number of hydrogen-bond acceptors (Lipinski definition) is 5. The lowest BCUT2D eigenvalue weighted by atomic mass is 9.95. The predicted octanol–water partition coefficient (Wildman–Crippen LogP) is 1.99. The van der Waals surface area contributed by atoms with Crippen molar-refractivity contribution in [2.75, 3.05) is 0 Å². The summed E-state index contributed by atoms with van der Waals surface area (Å²) in [6.07, 6.45) is 1.84. The molecule has 0 amide bonds. The first-order valence-electron chi connectivity index (χ1n) is 8.82. The molecule has 9 heteroatoms. The molecular weight excluding hydrogens is 353 g/mol. The number of ketones is 1. The van der Waals surface area contributed by atoms with E-state index >= 15 is 0 Å². The standard InChI is InChI=1S/C14H34N4OSi4/c1-20(2)17(21(3)4)15-12-9-13(11-14(19)10-12)16-18(22(5)6)23(7)8/h20-23H,9-11H2,1-8H3. The summed E-state index contributed by atoms with van der Waals surface area (Å²) >= 11 is 0. The molecule has 0 radical (unpaired) electrons. The second-order valence-corrected chi connectivity index (χ2v) is 19.6. The summed E-state index contributed by atoms with van der Waals surface area (Å²) in [5, 5.41) is 9.82. The van der Waals surface area contributed by atoms with Crippen LogP contribution in [0.15, 0.2) is 10.2 Å². The van der Waals surface area contributed by atoms with Gasteiger partial charge in [-0.25, -0.2) is 10.2 Å². The molecule has 1 rings (SSSR count). The molecule has 1 saturated carbocycles. The molecule has 1 aliphatic rings. The van der Waals surface area contributed by atoms with Gasteiger partial charge in [0.25, 0.3) is 0 Å². The topological polar surface area (TPSA) is 48.3 Å². The van der Waals surface area contributed by atoms with Gasteiger partial charge in [-0.3, -0.25) is 4.79 Å². The van der Waals surface area contributed by atoms with Gasteiger partial charge in [0.1, 0.15) is 41.6 Å². The molecule has 0 aromatic carbocycles. The van der Waals surface area contributed by atoms with Gasteiger partial charge in [-0.15, -0.1) is 0 Å². The van der Waals surface area contributed by atoms with Crippen LogP contribution in [0.2, 0.25) is 52.4 Å². The Morgan fingerprint density at radius 1 is 0.652 bits per heavy atom. The molecule has 0 aliphatic heterocycles. The largest absolute Gasteiger partial charge is 0.355 e. The Morgan fingerprint density at radius 2 is 0.957 bits per heavy atom. The van der Waals surface area contributed by atoms with Crippen LogP contribution in [-0.2, 0) is 4.79 Å². The van der Waals surface area contributed by atoms with E-state index in [4.69, 9.17) is 10.2 Å². The molecule has 0 heterocycles. The second kappa shape index (κ2) is 9.09. The van der Waals surface area contributed by atoms with E-state index in [9.17, 15) is 4.79 Å². The average Bonchev–Trinajstić information content (AvgIpc) is 2.40. The van der Waals surface area contributed by atoms with Crippen molar-refractivity contribution in [2.24, 2.45) is 10.2 Å². The van der Waals surface area contributed by atoms with Crippen LogP contribution in [0.1, 0.15) is 19.3 Å². The smallest absolute Gasteiger partial charge is 0.144 e. The van der Waals surface area contributed by atoms with Gasteiger partial charge >= 0.3 is 0 Å². The maximum atomic E-state index is 12.2. The minimum Gasteiger partial charge on any atom is -0.355 e. The normalized spacial score (nSPS) is 19.7. The van der Waals surface area contributed by atoms with E-state index in [0.717, 1.165) is 17.8 Å². The molecule has 0 atom stereocenters. The third kappa shape index (κ3) is 6.47. The van der Waals surface area contributed by atoms with Crippen molar-refractivity contribution in [3.63, 3.8) is 0 Å². The summed E-state index contributed by atoms with van der Waals surface area (Å²) in [7, 11) is -3.83. The van der Waals surface area contributed by atoms with Crippen LogP contribution < -0.4 is 0 Å². The zero-order valence-electron chi connectivity index (χ0n) is 16.1. The summed E-state index contributed by atoms with van der Waals surface area (Å²) < 4.78 is 4.75. The molecular formula is C14H34N4OSi4. The summed E-state index contributed by atoms with van der Waals surface area (Å²) in [5.74, 6) is 0.278. The van der Waals surface area contributed by atoms with Gasteiger partial charge in [0.15, 0.2) is 0 Å². The van der Waals surface area contributed by atoms with Crippen LogP contribution in [0, 0.1) is 0 Å². The monoisotopic (exact) mass is 386 g/mol. The lowest BCUT2D eigenvalue weighted by Crippen LogP contribution is -2.42. The van der Waals surface area contributed by atoms with E-state index in [0.29, 0.717) is 12.8 Å². The number of hydrogen-bond donors (Lipinski definition) is 0. The lowest BCUT2D eigenvalue weighted by Gasteiger charge is -2.31. The molecule has 23 heavy (non-hydrogen) atoms. The molecule has 0 unspecified atom stereocenters. The van der Waals surface area contributed by atoms with E-state index in [2.05, 4.69) is 61.1 Å². The average molecular weight is 387 g/mol. The van der Waals surface area contributed by atoms with Gasteiger partial charge in [0, 0.05) is 30.7 Å². The summed E-state index contributed by atoms with van der Waals surface area (Å²) in [6.45, 7) is 18.5. The van der Waals surface area contributed by atoms with E-state index in [1.54, 1.807) is 0 Å². The maximum Gasteiger partial charge on any atom is 0.144 e. The minimum atomic E-state index is -0.956. The number of nitrogens with zero attached hydrogens (tertiary/aromatic N) is 4. The molecule has 0 aromatic heterocycles. The maximum absolute atomic E-state index is 12.2. The molecule has 0 aromatic rings. The second-order valence-electron chi connectivity index (χ2n) is 7.54. The Morgan fingerprint density at radius 3 is 1.22 bits per heavy atom. The first kappa shape index (κ1) is 20.5. The predicted molar refractivity (Wildman–Crippen MR) is 113 cm³/mol. The van der Waals surface area contributed by atoms with Crippen LogP contribution in [0.25, 0.3) is 0 Å². The summed E-state index contributed by atoms with van der Waals surface area (Å²) in [4.78, 5) is 12.2. The number of carbonyl (C=O) groups is 1. The number of rotatable bonds is 6. The highest BCUT2D eigenvalue weighted by Gasteiger charge is 2.24. The zero-order chi connectivity index (χ0) is 17.7. The lowest BCUT2D eigenvalue weighted by molar-refractivity contribution is -0.117. The fraction of sp³-hybridized carbons (Fsp3) is 0.786. The number of hydrazone groups is 2. The third-order valence-corrected chi connectivity index (χ3v) is 15.7. The van der Waals surface area contributed by atoms with Crippen LogP contribution in [0.5, 0.6) is 0 Å². The van der Waals surface area contributed by atoms with Crippen LogP contribution in [0.3, 0.4) is 0 Å². The van der Waals surface area contributed by atoms with Crippen LogP contribution in [0.4, 0.5) is 0 Å². The van der Waals surface area contributed by atoms with Crippen molar-refractivity contribution < 1.29 is 4.79 Å². The van der Waals surface area contributed by atoms with Gasteiger partial charge in [-0.05, 0) is 0 Å². The molecule has 0 saturated heterocycles. The fourth-order valence-corrected chi connectivity index (χ4v) is 14.1. The van der Waals surface area contributed by atoms with Gasteiger partial charge in [-0.2, -0.15) is 0 Å². The SMILES string of the molecule is C[SiH](C)N(N=C1CC(=O)CC(=NN([SiH](C)C)[SiH](C)C)C1)[SiH](C)C. The van der Waals surface area contributed by atoms with Gasteiger partial charge in [0.2, 0.25) is 0 Å². The summed E-state index contributed by atoms with van der Waals surface area (Å²) in [5.41, 5.74) is 2.08. The highest BCUT2D eigenvalue weighted by molar-refractivity contribution is 6.70. The third-order valence-electron chi connectivity index (χ3n) is 3.84. The van der Waals surface area contributed by atoms with Crippen LogP contribution >= 0.6 is 0 Å². The van der Waals surface area contributed by atoms with Gasteiger partial charge in [0.05, 0.1) is 0 Å². The zero-order valence-corrected chi connectivity index (χ0v) is 20.7. The Balaban J connectivity index is 3.01. The van der Waals surface area contributed by atoms with Crippen molar-refractivity contribution >= 4 is 53.0 Å². The first-order chi connectivity index (χ1) is 10.6. The van der Waals surface area contributed by atoms with Gasteiger partial charge in [-0.1, -0.05) is 52.4 Å². The van der Waals surface area contributed by atoms with Crippen molar-refractivity contribution in [2.45, 2.75) is 71.6 Å². The van der Waals surface area contributed by atoms with Gasteiger partial charge < -0.3 is 8.68 Å². The van der Waals surface area contributed by atoms with Crippen LogP contribution in [-0.4, -0.2) is 61.7 Å². The van der Waals surface area contributed by atoms with E-state index < -0.39 is 35.8 Å². The Hall–Kier alpha value is -0.522. The quantitative estimate of drug-likeness (QED) is 0.518. The van der Waals surface area contributed by atoms with Crippen molar-refractivity contribution in [1.29, 1.82) is 0 Å². The molecule has 5 nitrogen and oxygen atoms in total. The fourth-order valence-electron chi connectivity index (χ4n) is 3.00. The number of Topliss-reactive ketones (excluding diaryl/α,β-unsaturated/α-hetero) is 1. The molecule has 132 valence electrons. The van der Waals surface area contributed by atoms with E-state index in [1.165, 1.54) is 0 Å². The molecule has 0 N–H and O–H groups in total. The molecule has 1 aliphatic carbocycles. The molecule has 1 fully saturated rings. The minimum absolute atomic E-state index is 0.278. The first-order valence-corrected chi connectivity index (χ1v) is 20.1. The van der Waals surface area contributed by atoms with Crippen molar-refractivity contribution in [3.8, 4) is 0 Å².